The molecule has 1 amide bonds. The zero-order chi connectivity index (χ0) is 9.72. The van der Waals surface area contributed by atoms with Crippen molar-refractivity contribution < 1.29 is 4.79 Å². The molecule has 0 aliphatic rings. The zero-order valence-electron chi connectivity index (χ0n) is 8.23. The standard InChI is InChI=1S/C9H18BrNO/c1-6(2)8(5-10)11-9(12)7(3)4/h6-8H,5H2,1-4H3,(H,11,12). The molecule has 0 saturated heterocycles. The average molecular weight is 236 g/mol. The molecular weight excluding hydrogens is 218 g/mol. The lowest BCUT2D eigenvalue weighted by Gasteiger charge is -2.20. The highest BCUT2D eigenvalue weighted by molar-refractivity contribution is 9.09. The molecule has 0 aromatic carbocycles. The van der Waals surface area contributed by atoms with Crippen LogP contribution in [0.2, 0.25) is 0 Å². The highest BCUT2D eigenvalue weighted by atomic mass is 79.9. The summed E-state index contributed by atoms with van der Waals surface area (Å²) in [6.45, 7) is 8.01. The second-order valence-electron chi connectivity index (χ2n) is 3.67. The molecular formula is C9H18BrNO. The summed E-state index contributed by atoms with van der Waals surface area (Å²) in [5.74, 6) is 0.686. The maximum atomic E-state index is 11.3. The number of hydrogen-bond donors (Lipinski definition) is 1. The van der Waals surface area contributed by atoms with Gasteiger partial charge in [0.2, 0.25) is 5.91 Å². The van der Waals surface area contributed by atoms with E-state index in [4.69, 9.17) is 0 Å². The van der Waals surface area contributed by atoms with E-state index in [1.54, 1.807) is 0 Å². The third-order valence-electron chi connectivity index (χ3n) is 1.82. The molecule has 1 unspecified atom stereocenters. The van der Waals surface area contributed by atoms with Gasteiger partial charge in [-0.1, -0.05) is 43.6 Å². The van der Waals surface area contributed by atoms with Crippen molar-refractivity contribution in [3.8, 4) is 0 Å². The summed E-state index contributed by atoms with van der Waals surface area (Å²) in [6, 6.07) is 0.250. The predicted molar refractivity (Wildman–Crippen MR) is 55.4 cm³/mol. The molecule has 0 spiro atoms. The molecule has 0 saturated carbocycles. The van der Waals surface area contributed by atoms with Crippen LogP contribution in [0.5, 0.6) is 0 Å². The van der Waals surface area contributed by atoms with Gasteiger partial charge >= 0.3 is 0 Å². The van der Waals surface area contributed by atoms with E-state index in [0.29, 0.717) is 5.92 Å². The van der Waals surface area contributed by atoms with E-state index in [-0.39, 0.29) is 17.9 Å². The van der Waals surface area contributed by atoms with Gasteiger partial charge in [0.15, 0.2) is 0 Å². The summed E-state index contributed by atoms with van der Waals surface area (Å²) in [4.78, 5) is 11.3. The summed E-state index contributed by atoms with van der Waals surface area (Å²) in [5.41, 5.74) is 0. The fourth-order valence-corrected chi connectivity index (χ4v) is 1.64. The third-order valence-corrected chi connectivity index (χ3v) is 2.52. The van der Waals surface area contributed by atoms with Crippen molar-refractivity contribution in [1.29, 1.82) is 0 Å². The average Bonchev–Trinajstić information content (AvgIpc) is 1.98. The van der Waals surface area contributed by atoms with Gasteiger partial charge in [-0.25, -0.2) is 0 Å². The molecule has 0 aliphatic heterocycles. The van der Waals surface area contributed by atoms with E-state index >= 15 is 0 Å². The van der Waals surface area contributed by atoms with Gasteiger partial charge in [-0.15, -0.1) is 0 Å². The van der Waals surface area contributed by atoms with Crippen LogP contribution < -0.4 is 5.32 Å². The van der Waals surface area contributed by atoms with E-state index in [9.17, 15) is 4.79 Å². The largest absolute Gasteiger partial charge is 0.352 e. The second kappa shape index (κ2) is 5.57. The van der Waals surface area contributed by atoms with Gasteiger partial charge in [0.25, 0.3) is 0 Å². The van der Waals surface area contributed by atoms with E-state index < -0.39 is 0 Å². The van der Waals surface area contributed by atoms with Gasteiger partial charge < -0.3 is 5.32 Å². The Bertz CT molecular complexity index is 145. The van der Waals surface area contributed by atoms with Gasteiger partial charge in [0.05, 0.1) is 0 Å². The minimum Gasteiger partial charge on any atom is -0.352 e. The molecule has 3 heteroatoms. The van der Waals surface area contributed by atoms with Crippen molar-refractivity contribution in [3.05, 3.63) is 0 Å². The Morgan fingerprint density at radius 2 is 1.83 bits per heavy atom. The van der Waals surface area contributed by atoms with Crippen LogP contribution >= 0.6 is 15.9 Å². The molecule has 0 radical (unpaired) electrons. The van der Waals surface area contributed by atoms with Gasteiger partial charge in [0.1, 0.15) is 0 Å². The van der Waals surface area contributed by atoms with Crippen molar-refractivity contribution in [2.45, 2.75) is 33.7 Å². The second-order valence-corrected chi connectivity index (χ2v) is 4.32. The van der Waals surface area contributed by atoms with Crippen LogP contribution in [-0.4, -0.2) is 17.3 Å². The smallest absolute Gasteiger partial charge is 0.222 e. The molecule has 0 aromatic heterocycles. The Balaban J connectivity index is 3.94. The first kappa shape index (κ1) is 11.9. The molecule has 0 bridgehead atoms. The first-order valence-corrected chi connectivity index (χ1v) is 5.47. The Morgan fingerprint density at radius 3 is 2.08 bits per heavy atom. The van der Waals surface area contributed by atoms with E-state index in [0.717, 1.165) is 5.33 Å². The minimum absolute atomic E-state index is 0.0744. The number of halogens is 1. The van der Waals surface area contributed by atoms with E-state index in [1.807, 2.05) is 13.8 Å². The van der Waals surface area contributed by atoms with Crippen molar-refractivity contribution in [2.75, 3.05) is 5.33 Å². The quantitative estimate of drug-likeness (QED) is 0.745. The van der Waals surface area contributed by atoms with Gasteiger partial charge in [-0.05, 0) is 5.92 Å². The molecule has 1 N–H and O–H groups in total. The van der Waals surface area contributed by atoms with E-state index in [1.165, 1.54) is 0 Å². The van der Waals surface area contributed by atoms with Crippen LogP contribution in [0.4, 0.5) is 0 Å². The first-order chi connectivity index (χ1) is 5.49. The number of alkyl halides is 1. The molecule has 0 rings (SSSR count). The maximum absolute atomic E-state index is 11.3. The van der Waals surface area contributed by atoms with Crippen molar-refractivity contribution >= 4 is 21.8 Å². The summed E-state index contributed by atoms with van der Waals surface area (Å²) in [5, 5.41) is 3.80. The lowest BCUT2D eigenvalue weighted by molar-refractivity contribution is -0.124. The van der Waals surface area contributed by atoms with Crippen LogP contribution in [0.25, 0.3) is 0 Å². The number of rotatable bonds is 4. The molecule has 72 valence electrons. The molecule has 0 aliphatic carbocycles. The van der Waals surface area contributed by atoms with Crippen LogP contribution in [0.3, 0.4) is 0 Å². The minimum atomic E-state index is 0.0744. The Labute approximate surface area is 83.2 Å². The number of amides is 1. The van der Waals surface area contributed by atoms with E-state index in [2.05, 4.69) is 35.1 Å². The molecule has 2 nitrogen and oxygen atoms in total. The lowest BCUT2D eigenvalue weighted by atomic mass is 10.1. The predicted octanol–water partition coefficient (Wildman–Crippen LogP) is 2.18. The third kappa shape index (κ3) is 4.10. The number of nitrogens with one attached hydrogen (secondary N) is 1. The van der Waals surface area contributed by atoms with Crippen LogP contribution in [0.15, 0.2) is 0 Å². The lowest BCUT2D eigenvalue weighted by Crippen LogP contribution is -2.41. The number of carbonyl (C=O) groups excluding carboxylic acids is 1. The molecule has 0 aromatic rings. The van der Waals surface area contributed by atoms with Crippen molar-refractivity contribution in [1.82, 2.24) is 5.32 Å². The van der Waals surface area contributed by atoms with Crippen molar-refractivity contribution in [3.63, 3.8) is 0 Å². The molecule has 0 heterocycles. The number of hydrogen-bond acceptors (Lipinski definition) is 1. The normalized spacial score (nSPS) is 13.6. The monoisotopic (exact) mass is 235 g/mol. The molecule has 12 heavy (non-hydrogen) atoms. The fraction of sp³-hybridized carbons (Fsp3) is 0.889. The Hall–Kier alpha value is -0.0500. The highest BCUT2D eigenvalue weighted by Crippen LogP contribution is 2.05. The van der Waals surface area contributed by atoms with Gasteiger partial charge in [0, 0.05) is 17.3 Å². The maximum Gasteiger partial charge on any atom is 0.222 e. The highest BCUT2D eigenvalue weighted by Gasteiger charge is 2.16. The van der Waals surface area contributed by atoms with Gasteiger partial charge in [-0.2, -0.15) is 0 Å². The van der Waals surface area contributed by atoms with Crippen LogP contribution in [-0.2, 0) is 4.79 Å². The summed E-state index contributed by atoms with van der Waals surface area (Å²) < 4.78 is 0. The Kier molecular flexibility index (Phi) is 5.55. The van der Waals surface area contributed by atoms with Crippen molar-refractivity contribution in [2.24, 2.45) is 11.8 Å². The zero-order valence-corrected chi connectivity index (χ0v) is 9.81. The molecule has 0 fully saturated rings. The SMILES string of the molecule is CC(C)C(=O)NC(CBr)C(C)C. The van der Waals surface area contributed by atoms with Crippen LogP contribution in [0.1, 0.15) is 27.7 Å². The first-order valence-electron chi connectivity index (χ1n) is 4.35. The topological polar surface area (TPSA) is 29.1 Å². The fourth-order valence-electron chi connectivity index (χ4n) is 0.733. The van der Waals surface area contributed by atoms with Gasteiger partial charge in [-0.3, -0.25) is 4.79 Å². The Morgan fingerprint density at radius 1 is 1.33 bits per heavy atom. The number of carbonyl (C=O) groups is 1. The summed E-state index contributed by atoms with van der Waals surface area (Å²) >= 11 is 3.38. The van der Waals surface area contributed by atoms with Crippen LogP contribution in [0, 0.1) is 11.8 Å². The molecule has 1 atom stereocenters. The summed E-state index contributed by atoms with van der Waals surface area (Å²) in [6.07, 6.45) is 0. The summed E-state index contributed by atoms with van der Waals surface area (Å²) in [7, 11) is 0.